The number of benzene rings is 1. The maximum Gasteiger partial charge on any atom is 0.227 e. The highest BCUT2D eigenvalue weighted by atomic mass is 32.1. The fraction of sp³-hybridized carbons (Fsp3) is 0.235. The van der Waals surface area contributed by atoms with Crippen molar-refractivity contribution < 1.29 is 9.53 Å². The first-order valence-corrected chi connectivity index (χ1v) is 8.54. The first-order valence-electron chi connectivity index (χ1n) is 7.66. The van der Waals surface area contributed by atoms with E-state index < -0.39 is 0 Å². The summed E-state index contributed by atoms with van der Waals surface area (Å²) in [6, 6.07) is 13.6. The number of nitrogens with one attached hydrogen (secondary N) is 2. The third-order valence-corrected chi connectivity index (χ3v) is 4.23. The van der Waals surface area contributed by atoms with Crippen molar-refractivity contribution in [3.8, 4) is 5.75 Å². The highest BCUT2D eigenvalue weighted by molar-refractivity contribution is 7.09. The van der Waals surface area contributed by atoms with E-state index in [0.717, 1.165) is 12.2 Å². The summed E-state index contributed by atoms with van der Waals surface area (Å²) >= 11 is 1.69. The van der Waals surface area contributed by atoms with Gasteiger partial charge in [0.1, 0.15) is 12.4 Å². The van der Waals surface area contributed by atoms with Crippen LogP contribution in [0.2, 0.25) is 0 Å². The minimum absolute atomic E-state index is 0.0823. The second-order valence-electron chi connectivity index (χ2n) is 5.16. The molecule has 124 valence electrons. The number of ether oxygens (including phenoxy) is 1. The number of aromatic nitrogens is 3. The van der Waals surface area contributed by atoms with Crippen LogP contribution in [0.1, 0.15) is 16.5 Å². The van der Waals surface area contributed by atoms with Crippen LogP contribution in [-0.4, -0.2) is 27.6 Å². The van der Waals surface area contributed by atoms with Gasteiger partial charge in [-0.2, -0.15) is 5.10 Å². The molecule has 0 saturated heterocycles. The average molecular weight is 342 g/mol. The SMILES string of the molecule is O=C(Cc1n[nH]c(COc2ccccc2)n1)NCCc1cccs1. The van der Waals surface area contributed by atoms with E-state index in [1.54, 1.807) is 11.3 Å². The van der Waals surface area contributed by atoms with Gasteiger partial charge in [-0.25, -0.2) is 4.98 Å². The molecule has 2 N–H and O–H groups in total. The molecule has 0 aliphatic heterocycles. The van der Waals surface area contributed by atoms with Crippen molar-refractivity contribution in [1.82, 2.24) is 20.5 Å². The topological polar surface area (TPSA) is 79.9 Å². The van der Waals surface area contributed by atoms with Crippen molar-refractivity contribution in [2.45, 2.75) is 19.4 Å². The summed E-state index contributed by atoms with van der Waals surface area (Å²) < 4.78 is 5.58. The lowest BCUT2D eigenvalue weighted by atomic mass is 10.3. The summed E-state index contributed by atoms with van der Waals surface area (Å²) in [7, 11) is 0. The minimum Gasteiger partial charge on any atom is -0.486 e. The Labute approximate surface area is 143 Å². The van der Waals surface area contributed by atoms with Crippen molar-refractivity contribution >= 4 is 17.2 Å². The molecule has 1 aromatic carbocycles. The normalized spacial score (nSPS) is 10.5. The van der Waals surface area contributed by atoms with Gasteiger partial charge < -0.3 is 10.1 Å². The molecule has 0 radical (unpaired) electrons. The molecule has 6 nitrogen and oxygen atoms in total. The van der Waals surface area contributed by atoms with E-state index in [9.17, 15) is 4.79 Å². The molecule has 1 amide bonds. The van der Waals surface area contributed by atoms with Crippen LogP contribution in [0.4, 0.5) is 0 Å². The standard InChI is InChI=1S/C17H18N4O2S/c22-17(18-9-8-14-7-4-10-24-14)11-15-19-16(21-20-15)12-23-13-5-2-1-3-6-13/h1-7,10H,8-9,11-12H2,(H,18,22)(H,19,20,21). The van der Waals surface area contributed by atoms with Gasteiger partial charge in [0.2, 0.25) is 5.91 Å². The second kappa shape index (κ2) is 8.26. The zero-order chi connectivity index (χ0) is 16.6. The van der Waals surface area contributed by atoms with Crippen molar-refractivity contribution in [2.75, 3.05) is 6.54 Å². The number of para-hydroxylation sites is 1. The molecule has 2 aromatic heterocycles. The Morgan fingerprint density at radius 1 is 1.21 bits per heavy atom. The lowest BCUT2D eigenvalue weighted by Crippen LogP contribution is -2.27. The predicted molar refractivity (Wildman–Crippen MR) is 91.9 cm³/mol. The van der Waals surface area contributed by atoms with E-state index in [0.29, 0.717) is 18.2 Å². The summed E-state index contributed by atoms with van der Waals surface area (Å²) in [5.74, 6) is 1.75. The van der Waals surface area contributed by atoms with Crippen LogP contribution in [0.25, 0.3) is 0 Å². The van der Waals surface area contributed by atoms with E-state index in [2.05, 4.69) is 26.6 Å². The van der Waals surface area contributed by atoms with E-state index in [1.807, 2.05) is 41.8 Å². The Morgan fingerprint density at radius 2 is 2.08 bits per heavy atom. The Kier molecular flexibility index (Phi) is 5.57. The van der Waals surface area contributed by atoms with Gasteiger partial charge in [-0.15, -0.1) is 11.3 Å². The van der Waals surface area contributed by atoms with Crippen molar-refractivity contribution in [3.05, 3.63) is 64.4 Å². The number of thiophene rings is 1. The monoisotopic (exact) mass is 342 g/mol. The minimum atomic E-state index is -0.0823. The highest BCUT2D eigenvalue weighted by Gasteiger charge is 2.09. The molecule has 24 heavy (non-hydrogen) atoms. The molecule has 0 aliphatic rings. The molecule has 3 rings (SSSR count). The van der Waals surface area contributed by atoms with Crippen LogP contribution in [-0.2, 0) is 24.2 Å². The van der Waals surface area contributed by atoms with Crippen LogP contribution in [0.3, 0.4) is 0 Å². The number of hydrogen-bond acceptors (Lipinski definition) is 5. The highest BCUT2D eigenvalue weighted by Crippen LogP contribution is 2.10. The predicted octanol–water partition coefficient (Wildman–Crippen LogP) is 2.35. The third kappa shape index (κ3) is 4.92. The van der Waals surface area contributed by atoms with Crippen LogP contribution in [0.15, 0.2) is 47.8 Å². The lowest BCUT2D eigenvalue weighted by molar-refractivity contribution is -0.120. The van der Waals surface area contributed by atoms with Crippen molar-refractivity contribution in [1.29, 1.82) is 0 Å². The second-order valence-corrected chi connectivity index (χ2v) is 6.19. The van der Waals surface area contributed by atoms with Crippen LogP contribution >= 0.6 is 11.3 Å². The summed E-state index contributed by atoms with van der Waals surface area (Å²) in [5, 5.41) is 11.8. The zero-order valence-electron chi connectivity index (χ0n) is 13.1. The molecular formula is C17H18N4O2S. The number of hydrogen-bond donors (Lipinski definition) is 2. The molecule has 2 heterocycles. The largest absolute Gasteiger partial charge is 0.486 e. The Hall–Kier alpha value is -2.67. The third-order valence-electron chi connectivity index (χ3n) is 3.29. The summed E-state index contributed by atoms with van der Waals surface area (Å²) in [6.45, 7) is 0.907. The maximum absolute atomic E-state index is 11.9. The molecule has 7 heteroatoms. The van der Waals surface area contributed by atoms with Gasteiger partial charge in [-0.05, 0) is 30.0 Å². The molecule has 0 spiro atoms. The number of carbonyl (C=O) groups excluding carboxylic acids is 1. The van der Waals surface area contributed by atoms with E-state index in [1.165, 1.54) is 4.88 Å². The quantitative estimate of drug-likeness (QED) is 0.658. The molecule has 0 saturated carbocycles. The Balaban J connectivity index is 1.41. The first kappa shape index (κ1) is 16.2. The number of carbonyl (C=O) groups is 1. The number of nitrogens with zero attached hydrogens (tertiary/aromatic N) is 2. The molecule has 0 aliphatic carbocycles. The van der Waals surface area contributed by atoms with Gasteiger partial charge in [0.15, 0.2) is 11.6 Å². The van der Waals surface area contributed by atoms with Crippen molar-refractivity contribution in [2.24, 2.45) is 0 Å². The molecule has 3 aromatic rings. The van der Waals surface area contributed by atoms with Gasteiger partial charge >= 0.3 is 0 Å². The number of H-pyrrole nitrogens is 1. The average Bonchev–Trinajstić information content (AvgIpc) is 3.26. The molecule has 0 atom stereocenters. The van der Waals surface area contributed by atoms with E-state index in [-0.39, 0.29) is 18.9 Å². The number of amides is 1. The molecule has 0 fully saturated rings. The van der Waals surface area contributed by atoms with Gasteiger partial charge in [0.25, 0.3) is 0 Å². The summed E-state index contributed by atoms with van der Waals surface area (Å²) in [5.41, 5.74) is 0. The zero-order valence-corrected chi connectivity index (χ0v) is 13.9. The van der Waals surface area contributed by atoms with E-state index in [4.69, 9.17) is 4.74 Å². The Morgan fingerprint density at radius 3 is 2.88 bits per heavy atom. The van der Waals surface area contributed by atoms with Gasteiger partial charge in [0, 0.05) is 11.4 Å². The first-order chi connectivity index (χ1) is 11.8. The van der Waals surface area contributed by atoms with Crippen molar-refractivity contribution in [3.63, 3.8) is 0 Å². The van der Waals surface area contributed by atoms with Gasteiger partial charge in [-0.1, -0.05) is 24.3 Å². The van der Waals surface area contributed by atoms with Gasteiger partial charge in [0.05, 0.1) is 6.42 Å². The Bertz CT molecular complexity index is 756. The smallest absolute Gasteiger partial charge is 0.227 e. The maximum atomic E-state index is 11.9. The van der Waals surface area contributed by atoms with Crippen LogP contribution in [0.5, 0.6) is 5.75 Å². The number of aromatic amines is 1. The van der Waals surface area contributed by atoms with Crippen LogP contribution in [0, 0.1) is 0 Å². The molecule has 0 unspecified atom stereocenters. The summed E-state index contributed by atoms with van der Waals surface area (Å²) in [6.07, 6.45) is 1.000. The fourth-order valence-electron chi connectivity index (χ4n) is 2.13. The van der Waals surface area contributed by atoms with Crippen LogP contribution < -0.4 is 10.1 Å². The molecule has 0 bridgehead atoms. The summed E-state index contributed by atoms with van der Waals surface area (Å²) in [4.78, 5) is 17.4. The van der Waals surface area contributed by atoms with Gasteiger partial charge in [-0.3, -0.25) is 9.89 Å². The fourth-order valence-corrected chi connectivity index (χ4v) is 2.84. The molecular weight excluding hydrogens is 324 g/mol. The van der Waals surface area contributed by atoms with E-state index >= 15 is 0 Å². The lowest BCUT2D eigenvalue weighted by Gasteiger charge is -2.02. The number of rotatable bonds is 8.